The topological polar surface area (TPSA) is 85.8 Å². The molecule has 1 amide bonds. The van der Waals surface area contributed by atoms with Gasteiger partial charge in [-0.3, -0.25) is 4.79 Å². The number of aromatic nitrogens is 3. The number of carbonyl (C=O) groups excluding carboxylic acids is 1. The SMILES string of the molecule is C[C@@H](Sc1nnc(-c2cccs2)n1N)C(=O)Nc1ccccc1. The van der Waals surface area contributed by atoms with E-state index in [1.807, 2.05) is 54.8 Å². The highest BCUT2D eigenvalue weighted by atomic mass is 32.2. The zero-order chi connectivity index (χ0) is 16.2. The molecule has 0 aliphatic rings. The molecule has 0 fully saturated rings. The fraction of sp³-hybridized carbons (Fsp3) is 0.133. The minimum Gasteiger partial charge on any atom is -0.335 e. The second-order valence-electron chi connectivity index (χ2n) is 4.77. The Balaban J connectivity index is 1.68. The predicted octanol–water partition coefficient (Wildman–Crippen LogP) is 2.84. The van der Waals surface area contributed by atoms with E-state index < -0.39 is 0 Å². The van der Waals surface area contributed by atoms with E-state index in [1.165, 1.54) is 27.8 Å². The number of nitrogens with zero attached hydrogens (tertiary/aromatic N) is 3. The highest BCUT2D eigenvalue weighted by Crippen LogP contribution is 2.27. The van der Waals surface area contributed by atoms with Gasteiger partial charge in [-0.2, -0.15) is 0 Å². The summed E-state index contributed by atoms with van der Waals surface area (Å²) in [4.78, 5) is 13.2. The molecule has 0 saturated carbocycles. The lowest BCUT2D eigenvalue weighted by atomic mass is 10.3. The molecule has 0 unspecified atom stereocenters. The Morgan fingerprint density at radius 2 is 2.04 bits per heavy atom. The van der Waals surface area contributed by atoms with Crippen LogP contribution in [0.5, 0.6) is 0 Å². The Labute approximate surface area is 141 Å². The van der Waals surface area contributed by atoms with Gasteiger partial charge in [0.25, 0.3) is 0 Å². The molecule has 3 N–H and O–H groups in total. The highest BCUT2D eigenvalue weighted by Gasteiger charge is 2.20. The largest absolute Gasteiger partial charge is 0.335 e. The lowest BCUT2D eigenvalue weighted by molar-refractivity contribution is -0.115. The quantitative estimate of drug-likeness (QED) is 0.548. The van der Waals surface area contributed by atoms with E-state index in [4.69, 9.17) is 5.84 Å². The van der Waals surface area contributed by atoms with Gasteiger partial charge in [0.2, 0.25) is 11.1 Å². The van der Waals surface area contributed by atoms with E-state index >= 15 is 0 Å². The number of hydrogen-bond acceptors (Lipinski definition) is 6. The Hall–Kier alpha value is -2.32. The van der Waals surface area contributed by atoms with Gasteiger partial charge in [0.1, 0.15) is 0 Å². The number of thioether (sulfide) groups is 1. The number of thiophene rings is 1. The standard InChI is InChI=1S/C15H15N5OS2/c1-10(14(21)17-11-6-3-2-4-7-11)23-15-19-18-13(20(15)16)12-8-5-9-22-12/h2-10H,16H2,1H3,(H,17,21)/t10-/m1/s1. The zero-order valence-electron chi connectivity index (χ0n) is 12.3. The first-order valence-electron chi connectivity index (χ1n) is 6.92. The van der Waals surface area contributed by atoms with Crippen molar-refractivity contribution >= 4 is 34.7 Å². The maximum atomic E-state index is 12.2. The van der Waals surface area contributed by atoms with Gasteiger partial charge < -0.3 is 11.2 Å². The fourth-order valence-corrected chi connectivity index (χ4v) is 3.38. The van der Waals surface area contributed by atoms with Gasteiger partial charge in [-0.25, -0.2) is 4.68 Å². The van der Waals surface area contributed by atoms with Gasteiger partial charge in [0.15, 0.2) is 5.82 Å². The molecule has 3 aromatic rings. The number of anilines is 1. The van der Waals surface area contributed by atoms with Crippen LogP contribution in [0.4, 0.5) is 5.69 Å². The second kappa shape index (κ2) is 6.84. The number of para-hydroxylation sites is 1. The number of amides is 1. The first-order chi connectivity index (χ1) is 11.1. The molecule has 0 bridgehead atoms. The van der Waals surface area contributed by atoms with Gasteiger partial charge >= 0.3 is 0 Å². The van der Waals surface area contributed by atoms with Crippen LogP contribution in [-0.4, -0.2) is 26.0 Å². The van der Waals surface area contributed by atoms with Crippen molar-refractivity contribution in [2.75, 3.05) is 11.2 Å². The monoisotopic (exact) mass is 345 g/mol. The average Bonchev–Trinajstić information content (AvgIpc) is 3.19. The summed E-state index contributed by atoms with van der Waals surface area (Å²) in [6.45, 7) is 1.81. The van der Waals surface area contributed by atoms with E-state index in [0.29, 0.717) is 11.0 Å². The zero-order valence-corrected chi connectivity index (χ0v) is 14.0. The summed E-state index contributed by atoms with van der Waals surface area (Å²) in [5.74, 6) is 6.53. The van der Waals surface area contributed by atoms with Crippen LogP contribution in [0.2, 0.25) is 0 Å². The molecule has 3 rings (SSSR count). The van der Waals surface area contributed by atoms with E-state index in [1.54, 1.807) is 0 Å². The minimum atomic E-state index is -0.349. The summed E-state index contributed by atoms with van der Waals surface area (Å²) < 4.78 is 1.42. The molecular formula is C15H15N5OS2. The average molecular weight is 345 g/mol. The van der Waals surface area contributed by atoms with Crippen molar-refractivity contribution in [3.05, 3.63) is 47.8 Å². The molecule has 0 spiro atoms. The maximum absolute atomic E-state index is 12.2. The third-order valence-corrected chi connectivity index (χ3v) is 5.02. The lowest BCUT2D eigenvalue weighted by Gasteiger charge is -2.11. The van der Waals surface area contributed by atoms with Crippen LogP contribution in [-0.2, 0) is 4.79 Å². The van der Waals surface area contributed by atoms with E-state index in [9.17, 15) is 4.79 Å². The normalized spacial score (nSPS) is 12.0. The maximum Gasteiger partial charge on any atom is 0.237 e. The van der Waals surface area contributed by atoms with E-state index in [2.05, 4.69) is 15.5 Å². The molecule has 8 heteroatoms. The molecule has 2 heterocycles. The lowest BCUT2D eigenvalue weighted by Crippen LogP contribution is -2.23. The molecule has 6 nitrogen and oxygen atoms in total. The van der Waals surface area contributed by atoms with Crippen LogP contribution in [0.15, 0.2) is 53.0 Å². The van der Waals surface area contributed by atoms with Crippen molar-refractivity contribution in [3.63, 3.8) is 0 Å². The van der Waals surface area contributed by atoms with Crippen molar-refractivity contribution in [2.24, 2.45) is 0 Å². The Morgan fingerprint density at radius 1 is 1.26 bits per heavy atom. The second-order valence-corrected chi connectivity index (χ2v) is 7.02. The number of hydrogen-bond donors (Lipinski definition) is 2. The van der Waals surface area contributed by atoms with Gasteiger partial charge in [-0.15, -0.1) is 21.5 Å². The van der Waals surface area contributed by atoms with Crippen LogP contribution in [0, 0.1) is 0 Å². The van der Waals surface area contributed by atoms with Crippen LogP contribution < -0.4 is 11.2 Å². The number of carbonyl (C=O) groups is 1. The fourth-order valence-electron chi connectivity index (χ4n) is 1.91. The van der Waals surface area contributed by atoms with Gasteiger partial charge in [0.05, 0.1) is 10.1 Å². The molecule has 118 valence electrons. The molecule has 1 aromatic carbocycles. The van der Waals surface area contributed by atoms with E-state index in [0.717, 1.165) is 10.6 Å². The first kappa shape index (κ1) is 15.6. The Bertz CT molecular complexity index is 786. The summed E-state index contributed by atoms with van der Waals surface area (Å²) in [6, 6.07) is 13.2. The van der Waals surface area contributed by atoms with Crippen molar-refractivity contribution in [3.8, 4) is 10.7 Å². The number of nitrogens with two attached hydrogens (primary N) is 1. The van der Waals surface area contributed by atoms with Crippen LogP contribution in [0.1, 0.15) is 6.92 Å². The van der Waals surface area contributed by atoms with Crippen molar-refractivity contribution in [1.82, 2.24) is 14.9 Å². The molecule has 23 heavy (non-hydrogen) atoms. The van der Waals surface area contributed by atoms with Gasteiger partial charge in [0, 0.05) is 5.69 Å². The Kier molecular flexibility index (Phi) is 4.63. The summed E-state index contributed by atoms with van der Waals surface area (Å²) in [5, 5.41) is 13.1. The first-order valence-corrected chi connectivity index (χ1v) is 8.68. The number of benzene rings is 1. The molecular weight excluding hydrogens is 330 g/mol. The van der Waals surface area contributed by atoms with Crippen molar-refractivity contribution in [1.29, 1.82) is 0 Å². The highest BCUT2D eigenvalue weighted by molar-refractivity contribution is 8.00. The molecule has 0 saturated heterocycles. The molecule has 0 radical (unpaired) electrons. The molecule has 1 atom stereocenters. The van der Waals surface area contributed by atoms with Crippen molar-refractivity contribution in [2.45, 2.75) is 17.3 Å². The van der Waals surface area contributed by atoms with E-state index in [-0.39, 0.29) is 11.2 Å². The molecule has 2 aromatic heterocycles. The minimum absolute atomic E-state index is 0.109. The summed E-state index contributed by atoms with van der Waals surface area (Å²) >= 11 is 2.81. The van der Waals surface area contributed by atoms with Crippen LogP contribution >= 0.6 is 23.1 Å². The predicted molar refractivity (Wildman–Crippen MR) is 93.9 cm³/mol. The molecule has 0 aliphatic heterocycles. The third kappa shape index (κ3) is 3.54. The number of rotatable bonds is 5. The number of nitrogens with one attached hydrogen (secondary N) is 1. The third-order valence-electron chi connectivity index (χ3n) is 3.10. The Morgan fingerprint density at radius 3 is 2.74 bits per heavy atom. The number of nitrogen functional groups attached to an aromatic ring is 1. The summed E-state index contributed by atoms with van der Waals surface area (Å²) in [6.07, 6.45) is 0. The molecule has 0 aliphatic carbocycles. The van der Waals surface area contributed by atoms with Crippen molar-refractivity contribution < 1.29 is 4.79 Å². The summed E-state index contributed by atoms with van der Waals surface area (Å²) in [5.41, 5.74) is 0.762. The van der Waals surface area contributed by atoms with Gasteiger partial charge in [-0.05, 0) is 30.5 Å². The smallest absolute Gasteiger partial charge is 0.237 e. The summed E-state index contributed by atoms with van der Waals surface area (Å²) in [7, 11) is 0. The van der Waals surface area contributed by atoms with Gasteiger partial charge in [-0.1, -0.05) is 36.0 Å². The van der Waals surface area contributed by atoms with Crippen LogP contribution in [0.25, 0.3) is 10.7 Å². The van der Waals surface area contributed by atoms with Crippen LogP contribution in [0.3, 0.4) is 0 Å².